The Morgan fingerprint density at radius 1 is 1.69 bits per heavy atom. The van der Waals surface area contributed by atoms with Crippen LogP contribution in [0.3, 0.4) is 0 Å². The van der Waals surface area contributed by atoms with Gasteiger partial charge >= 0.3 is 6.03 Å². The summed E-state index contributed by atoms with van der Waals surface area (Å²) in [5.74, 6) is 0. The van der Waals surface area contributed by atoms with Crippen molar-refractivity contribution in [2.45, 2.75) is 4.90 Å². The van der Waals surface area contributed by atoms with Crippen molar-refractivity contribution in [1.82, 2.24) is 4.98 Å². The van der Waals surface area contributed by atoms with Crippen LogP contribution in [-0.2, 0) is 9.73 Å². The number of primary amides is 1. The highest BCUT2D eigenvalue weighted by Gasteiger charge is 2.06. The summed E-state index contributed by atoms with van der Waals surface area (Å²) >= 11 is 0. The summed E-state index contributed by atoms with van der Waals surface area (Å²) in [6.45, 7) is 0. The van der Waals surface area contributed by atoms with Crippen LogP contribution in [0.25, 0.3) is 0 Å². The lowest BCUT2D eigenvalue weighted by molar-refractivity contribution is 0.257. The van der Waals surface area contributed by atoms with Crippen LogP contribution in [0.1, 0.15) is 0 Å². The molecular formula is C7H9N3O2S. The van der Waals surface area contributed by atoms with Crippen LogP contribution in [0, 0.1) is 0 Å². The molecule has 0 aromatic carbocycles. The van der Waals surface area contributed by atoms with Crippen molar-refractivity contribution in [1.29, 1.82) is 0 Å². The van der Waals surface area contributed by atoms with Gasteiger partial charge in [0.2, 0.25) is 0 Å². The van der Waals surface area contributed by atoms with E-state index in [0.29, 0.717) is 4.90 Å². The number of amides is 2. The van der Waals surface area contributed by atoms with Crippen LogP contribution in [0.5, 0.6) is 0 Å². The molecule has 0 saturated heterocycles. The summed E-state index contributed by atoms with van der Waals surface area (Å²) in [5.41, 5.74) is 4.81. The number of carbonyl (C=O) groups is 1. The predicted octanol–water partition coefficient (Wildman–Crippen LogP) is 0.617. The fraction of sp³-hybridized carbons (Fsp3) is 0.143. The Balaban J connectivity index is 3.24. The van der Waals surface area contributed by atoms with Crippen molar-refractivity contribution in [2.24, 2.45) is 10.1 Å². The Morgan fingerprint density at radius 3 is 2.85 bits per heavy atom. The zero-order valence-electron chi connectivity index (χ0n) is 7.01. The molecule has 0 radical (unpaired) electrons. The number of rotatable bonds is 1. The van der Waals surface area contributed by atoms with Crippen molar-refractivity contribution in [3.63, 3.8) is 0 Å². The second-order valence-corrected chi connectivity index (χ2v) is 4.68. The average Bonchev–Trinajstić information content (AvgIpc) is 2.04. The topological polar surface area (TPSA) is 85.4 Å². The zero-order valence-corrected chi connectivity index (χ0v) is 7.82. The van der Waals surface area contributed by atoms with Crippen molar-refractivity contribution < 1.29 is 9.00 Å². The molecule has 1 aromatic rings. The van der Waals surface area contributed by atoms with Gasteiger partial charge in [-0.1, -0.05) is 0 Å². The van der Waals surface area contributed by atoms with Gasteiger partial charge in [-0.25, -0.2) is 9.00 Å². The van der Waals surface area contributed by atoms with E-state index in [4.69, 9.17) is 5.73 Å². The van der Waals surface area contributed by atoms with E-state index in [1.54, 1.807) is 18.3 Å². The second-order valence-electron chi connectivity index (χ2n) is 2.42. The molecule has 0 aliphatic heterocycles. The first-order valence-corrected chi connectivity index (χ1v) is 5.36. The number of nitrogens with two attached hydrogens (primary N) is 1. The van der Waals surface area contributed by atoms with Crippen molar-refractivity contribution in [3.8, 4) is 0 Å². The number of hydrogen-bond acceptors (Lipinski definition) is 3. The van der Waals surface area contributed by atoms with Gasteiger partial charge in [-0.15, -0.1) is 4.36 Å². The third-order valence-corrected chi connectivity index (χ3v) is 2.98. The van der Waals surface area contributed by atoms with E-state index in [2.05, 4.69) is 9.35 Å². The number of urea groups is 1. The Hall–Kier alpha value is -1.43. The SMILES string of the molecule is CS(=O)(=NC(N)=O)c1cccnc1. The number of aromatic nitrogens is 1. The molecule has 1 rings (SSSR count). The highest BCUT2D eigenvalue weighted by molar-refractivity contribution is 7.93. The minimum atomic E-state index is -2.72. The molecule has 0 aliphatic rings. The lowest BCUT2D eigenvalue weighted by Crippen LogP contribution is -2.09. The second kappa shape index (κ2) is 3.53. The molecule has 0 fully saturated rings. The van der Waals surface area contributed by atoms with Gasteiger partial charge in [-0.3, -0.25) is 4.98 Å². The minimum Gasteiger partial charge on any atom is -0.349 e. The lowest BCUT2D eigenvalue weighted by atomic mass is 10.5. The maximum Gasteiger partial charge on any atom is 0.346 e. The molecule has 0 saturated carbocycles. The van der Waals surface area contributed by atoms with Gasteiger partial charge in [-0.05, 0) is 12.1 Å². The first kappa shape index (κ1) is 9.66. The van der Waals surface area contributed by atoms with E-state index in [1.807, 2.05) is 0 Å². The number of hydrogen-bond donors (Lipinski definition) is 1. The molecule has 0 bridgehead atoms. The zero-order chi connectivity index (χ0) is 9.90. The Morgan fingerprint density at radius 2 is 2.38 bits per heavy atom. The summed E-state index contributed by atoms with van der Waals surface area (Å²) in [4.78, 5) is 14.6. The summed E-state index contributed by atoms with van der Waals surface area (Å²) in [5, 5.41) is 0. The van der Waals surface area contributed by atoms with Crippen LogP contribution in [0.15, 0.2) is 33.8 Å². The van der Waals surface area contributed by atoms with Gasteiger partial charge < -0.3 is 5.73 Å². The van der Waals surface area contributed by atoms with E-state index in [0.717, 1.165) is 0 Å². The molecule has 0 aliphatic carbocycles. The molecule has 1 aromatic heterocycles. The fourth-order valence-electron chi connectivity index (χ4n) is 0.796. The molecule has 1 unspecified atom stereocenters. The molecule has 0 spiro atoms. The van der Waals surface area contributed by atoms with Crippen LogP contribution in [0.4, 0.5) is 4.79 Å². The predicted molar refractivity (Wildman–Crippen MR) is 48.6 cm³/mol. The summed E-state index contributed by atoms with van der Waals surface area (Å²) in [7, 11) is -2.72. The van der Waals surface area contributed by atoms with Crippen LogP contribution in [0.2, 0.25) is 0 Å². The maximum absolute atomic E-state index is 11.7. The van der Waals surface area contributed by atoms with Crippen LogP contribution in [-0.4, -0.2) is 21.5 Å². The Kier molecular flexibility index (Phi) is 2.62. The fourth-order valence-corrected chi connectivity index (χ4v) is 1.83. The third-order valence-electron chi connectivity index (χ3n) is 1.34. The molecule has 2 amide bonds. The quantitative estimate of drug-likeness (QED) is 0.719. The molecule has 2 N–H and O–H groups in total. The molecule has 6 heteroatoms. The lowest BCUT2D eigenvalue weighted by Gasteiger charge is -2.00. The van der Waals surface area contributed by atoms with E-state index < -0.39 is 15.8 Å². The number of carbonyl (C=O) groups excluding carboxylic acids is 1. The van der Waals surface area contributed by atoms with Crippen molar-refractivity contribution >= 4 is 15.8 Å². The van der Waals surface area contributed by atoms with Crippen molar-refractivity contribution in [3.05, 3.63) is 24.5 Å². The standard InChI is InChI=1S/C7H9N3O2S/c1-13(12,10-7(8)11)6-3-2-4-9-5-6/h2-5H,1H3,(H2,8,11). The first-order chi connectivity index (χ1) is 6.02. The Labute approximate surface area is 76.2 Å². The molecule has 1 heterocycles. The molecule has 13 heavy (non-hydrogen) atoms. The van der Waals surface area contributed by atoms with E-state index >= 15 is 0 Å². The molecule has 1 atom stereocenters. The highest BCUT2D eigenvalue weighted by Crippen LogP contribution is 2.08. The largest absolute Gasteiger partial charge is 0.349 e. The minimum absolute atomic E-state index is 0.397. The van der Waals surface area contributed by atoms with Gasteiger partial charge in [0.25, 0.3) is 0 Å². The maximum atomic E-state index is 11.7. The summed E-state index contributed by atoms with van der Waals surface area (Å²) in [6.07, 6.45) is 4.28. The van der Waals surface area contributed by atoms with Crippen LogP contribution >= 0.6 is 0 Å². The number of nitrogens with zero attached hydrogens (tertiary/aromatic N) is 2. The average molecular weight is 199 g/mol. The smallest absolute Gasteiger partial charge is 0.346 e. The van der Waals surface area contributed by atoms with Gasteiger partial charge in [0.1, 0.15) is 0 Å². The monoisotopic (exact) mass is 199 g/mol. The van der Waals surface area contributed by atoms with Gasteiger partial charge in [0, 0.05) is 18.6 Å². The van der Waals surface area contributed by atoms with Crippen molar-refractivity contribution in [2.75, 3.05) is 6.26 Å². The molecule has 5 nitrogen and oxygen atoms in total. The Bertz CT molecular complexity index is 421. The summed E-state index contributed by atoms with van der Waals surface area (Å²) in [6, 6.07) is 2.27. The highest BCUT2D eigenvalue weighted by atomic mass is 32.2. The normalized spacial score (nSPS) is 14.5. The van der Waals surface area contributed by atoms with E-state index in [1.165, 1.54) is 12.5 Å². The van der Waals surface area contributed by atoms with E-state index in [-0.39, 0.29) is 0 Å². The van der Waals surface area contributed by atoms with E-state index in [9.17, 15) is 9.00 Å². The molecular weight excluding hydrogens is 190 g/mol. The van der Waals surface area contributed by atoms with Gasteiger partial charge in [0.15, 0.2) is 0 Å². The molecule has 70 valence electrons. The summed E-state index contributed by atoms with van der Waals surface area (Å²) < 4.78 is 15.0. The van der Waals surface area contributed by atoms with Gasteiger partial charge in [0.05, 0.1) is 14.6 Å². The van der Waals surface area contributed by atoms with Gasteiger partial charge in [-0.2, -0.15) is 0 Å². The number of pyridine rings is 1. The third kappa shape index (κ3) is 2.51. The van der Waals surface area contributed by atoms with Crippen LogP contribution < -0.4 is 5.73 Å². The first-order valence-electron chi connectivity index (χ1n) is 3.44.